The van der Waals surface area contributed by atoms with E-state index in [9.17, 15) is 9.90 Å². The van der Waals surface area contributed by atoms with Crippen molar-refractivity contribution in [1.29, 1.82) is 0 Å². The van der Waals surface area contributed by atoms with Crippen LogP contribution < -0.4 is 4.90 Å². The van der Waals surface area contributed by atoms with E-state index in [4.69, 9.17) is 0 Å². The Morgan fingerprint density at radius 1 is 1.10 bits per heavy atom. The molecule has 1 aliphatic heterocycles. The van der Waals surface area contributed by atoms with Crippen LogP contribution in [0.2, 0.25) is 0 Å². The van der Waals surface area contributed by atoms with Gasteiger partial charge in [-0.2, -0.15) is 0 Å². The van der Waals surface area contributed by atoms with E-state index >= 15 is 0 Å². The highest BCUT2D eigenvalue weighted by Gasteiger charge is 2.36. The highest BCUT2D eigenvalue weighted by atomic mass is 16.3. The number of aromatic nitrogens is 2. The van der Waals surface area contributed by atoms with E-state index in [2.05, 4.69) is 26.4 Å². The van der Waals surface area contributed by atoms with Crippen molar-refractivity contribution in [2.24, 2.45) is 0 Å². The topological polar surface area (TPSA) is 64.8 Å². The summed E-state index contributed by atoms with van der Waals surface area (Å²) in [4.78, 5) is 24.0. The van der Waals surface area contributed by atoms with Crippen molar-refractivity contribution >= 4 is 11.6 Å². The molecular weight excluding hydrogens is 390 g/mol. The van der Waals surface area contributed by atoms with Crippen LogP contribution >= 0.6 is 0 Å². The van der Waals surface area contributed by atoms with Crippen LogP contribution in [0.4, 0.5) is 5.69 Å². The number of carbonyl (C=O) groups is 1. The number of likely N-dealkylation sites (N-methyl/N-ethyl adjacent to an activating group) is 2. The molecule has 2 aromatic rings. The number of aliphatic hydroxyl groups is 1. The molecule has 7 heteroatoms. The Morgan fingerprint density at radius 2 is 1.77 bits per heavy atom. The molecule has 0 spiro atoms. The molecule has 1 saturated heterocycles. The maximum absolute atomic E-state index is 13.3. The number of aryl methyl sites for hydroxylation is 1. The second-order valence-corrected chi connectivity index (χ2v) is 9.04. The minimum Gasteiger partial charge on any atom is -0.389 e. The van der Waals surface area contributed by atoms with Gasteiger partial charge in [0.15, 0.2) is 0 Å². The molecule has 2 fully saturated rings. The molecule has 1 aliphatic carbocycles. The van der Waals surface area contributed by atoms with Gasteiger partial charge in [-0.25, -0.2) is 4.98 Å². The molecular formula is C24H35N5O2. The minimum atomic E-state index is -0.617. The molecule has 1 aromatic heterocycles. The molecule has 1 amide bonds. The number of aliphatic hydroxyl groups excluding tert-OH is 1. The zero-order valence-electron chi connectivity index (χ0n) is 18.9. The van der Waals surface area contributed by atoms with Gasteiger partial charge < -0.3 is 24.4 Å². The third-order valence-corrected chi connectivity index (χ3v) is 7.06. The number of hydrogen-bond donors (Lipinski definition) is 1. The zero-order chi connectivity index (χ0) is 22.0. The van der Waals surface area contributed by atoms with E-state index in [0.29, 0.717) is 5.56 Å². The van der Waals surface area contributed by atoms with Crippen molar-refractivity contribution in [1.82, 2.24) is 19.4 Å². The average molecular weight is 426 g/mol. The molecule has 31 heavy (non-hydrogen) atoms. The summed E-state index contributed by atoms with van der Waals surface area (Å²) in [6.07, 6.45) is 6.85. The summed E-state index contributed by atoms with van der Waals surface area (Å²) in [5.41, 5.74) is 1.84. The first kappa shape index (κ1) is 21.8. The van der Waals surface area contributed by atoms with Crippen molar-refractivity contribution in [2.45, 2.75) is 50.8 Å². The molecule has 3 atom stereocenters. The number of imidazole rings is 1. The van der Waals surface area contributed by atoms with Crippen LogP contribution in [0.25, 0.3) is 0 Å². The lowest BCUT2D eigenvalue weighted by atomic mass is 9.99. The maximum atomic E-state index is 13.3. The Bertz CT molecular complexity index is 872. The predicted molar refractivity (Wildman–Crippen MR) is 123 cm³/mol. The van der Waals surface area contributed by atoms with E-state index in [1.165, 1.54) is 0 Å². The minimum absolute atomic E-state index is 0.0306. The molecule has 7 nitrogen and oxygen atoms in total. The van der Waals surface area contributed by atoms with E-state index in [0.717, 1.165) is 63.4 Å². The first-order valence-corrected chi connectivity index (χ1v) is 11.4. The van der Waals surface area contributed by atoms with Crippen molar-refractivity contribution in [3.63, 3.8) is 0 Å². The maximum Gasteiger partial charge on any atom is 0.253 e. The number of amides is 1. The third-order valence-electron chi connectivity index (χ3n) is 7.06. The highest BCUT2D eigenvalue weighted by molar-refractivity contribution is 5.94. The number of rotatable bonds is 4. The molecule has 168 valence electrons. The van der Waals surface area contributed by atoms with Gasteiger partial charge in [0.25, 0.3) is 5.91 Å². The van der Waals surface area contributed by atoms with Crippen LogP contribution in [0, 0.1) is 6.92 Å². The standard InChI is InChI=1S/C24H35N5O2/c1-18-25-12-13-29(18)22-7-5-4-6-21(23(22)30)27(3)24(31)19-8-10-20(11-9-19)28-16-14-26(2)15-17-28/h8-13,21-23,30H,4-7,14-17H2,1-3H3/t21-,22-,23-/m1/s1. The summed E-state index contributed by atoms with van der Waals surface area (Å²) in [7, 11) is 3.98. The SMILES string of the molecule is Cc1nccn1[C@@H]1CCCC[C@@H](N(C)C(=O)c2ccc(N3CCN(C)CC3)cc2)[C@H]1O. The molecule has 0 bridgehead atoms. The predicted octanol–water partition coefficient (Wildman–Crippen LogP) is 2.56. The number of hydrogen-bond acceptors (Lipinski definition) is 5. The van der Waals surface area contributed by atoms with Crippen molar-refractivity contribution < 1.29 is 9.90 Å². The van der Waals surface area contributed by atoms with Crippen LogP contribution in [-0.2, 0) is 0 Å². The monoisotopic (exact) mass is 425 g/mol. The molecule has 0 unspecified atom stereocenters. The summed E-state index contributed by atoms with van der Waals surface area (Å²) in [6.45, 7) is 6.09. The van der Waals surface area contributed by atoms with Crippen LogP contribution in [0.15, 0.2) is 36.7 Å². The van der Waals surface area contributed by atoms with E-state index in [1.807, 2.05) is 44.4 Å². The van der Waals surface area contributed by atoms with Crippen molar-refractivity contribution in [3.05, 3.63) is 48.0 Å². The molecule has 2 heterocycles. The number of benzene rings is 1. The lowest BCUT2D eigenvalue weighted by Crippen LogP contribution is -2.47. The normalized spacial score (nSPS) is 25.3. The molecule has 1 aromatic carbocycles. The summed E-state index contributed by atoms with van der Waals surface area (Å²) < 4.78 is 2.06. The Kier molecular flexibility index (Phi) is 6.62. The molecule has 1 N–H and O–H groups in total. The highest BCUT2D eigenvalue weighted by Crippen LogP contribution is 2.31. The largest absolute Gasteiger partial charge is 0.389 e. The summed E-state index contributed by atoms with van der Waals surface area (Å²) in [5, 5.41) is 11.3. The van der Waals surface area contributed by atoms with Gasteiger partial charge in [-0.05, 0) is 51.1 Å². The van der Waals surface area contributed by atoms with Crippen molar-refractivity contribution in [3.8, 4) is 0 Å². The second-order valence-electron chi connectivity index (χ2n) is 9.04. The van der Waals surface area contributed by atoms with Crippen molar-refractivity contribution in [2.75, 3.05) is 45.2 Å². The number of anilines is 1. The quantitative estimate of drug-likeness (QED) is 0.763. The van der Waals surface area contributed by atoms with E-state index < -0.39 is 6.10 Å². The van der Waals surface area contributed by atoms with E-state index in [-0.39, 0.29) is 18.0 Å². The zero-order valence-corrected chi connectivity index (χ0v) is 18.9. The van der Waals surface area contributed by atoms with Gasteiger partial charge in [0.1, 0.15) is 5.82 Å². The van der Waals surface area contributed by atoms with Crippen LogP contribution in [0.5, 0.6) is 0 Å². The van der Waals surface area contributed by atoms with Crippen LogP contribution in [0.1, 0.15) is 47.9 Å². The fraction of sp³-hybridized carbons (Fsp3) is 0.583. The summed E-state index contributed by atoms with van der Waals surface area (Å²) >= 11 is 0. The average Bonchev–Trinajstić information content (AvgIpc) is 3.11. The first-order chi connectivity index (χ1) is 15.0. The Labute approximate surface area is 185 Å². The number of nitrogens with zero attached hydrogens (tertiary/aromatic N) is 5. The fourth-order valence-corrected chi connectivity index (χ4v) is 5.00. The summed E-state index contributed by atoms with van der Waals surface area (Å²) in [5.74, 6) is 0.871. The van der Waals surface area contributed by atoms with Gasteiger partial charge in [0.2, 0.25) is 0 Å². The number of piperazine rings is 1. The van der Waals surface area contributed by atoms with Gasteiger partial charge in [-0.1, -0.05) is 12.8 Å². The van der Waals surface area contributed by atoms with Crippen LogP contribution in [-0.4, -0.2) is 82.8 Å². The number of carbonyl (C=O) groups excluding carboxylic acids is 1. The molecule has 1 saturated carbocycles. The molecule has 4 rings (SSSR count). The Hall–Kier alpha value is -2.38. The van der Waals surface area contributed by atoms with Crippen LogP contribution in [0.3, 0.4) is 0 Å². The second kappa shape index (κ2) is 9.40. The van der Waals surface area contributed by atoms with E-state index in [1.54, 1.807) is 11.1 Å². The van der Waals surface area contributed by atoms with Gasteiger partial charge >= 0.3 is 0 Å². The Balaban J connectivity index is 1.47. The summed E-state index contributed by atoms with van der Waals surface area (Å²) in [6, 6.07) is 7.69. The lowest BCUT2D eigenvalue weighted by molar-refractivity contribution is 0.0225. The smallest absolute Gasteiger partial charge is 0.253 e. The van der Waals surface area contributed by atoms with Gasteiger partial charge in [0, 0.05) is 56.9 Å². The van der Waals surface area contributed by atoms with Gasteiger partial charge in [-0.15, -0.1) is 0 Å². The third kappa shape index (κ3) is 4.62. The Morgan fingerprint density at radius 3 is 2.42 bits per heavy atom. The molecule has 2 aliphatic rings. The first-order valence-electron chi connectivity index (χ1n) is 11.4. The van der Waals surface area contributed by atoms with Gasteiger partial charge in [-0.3, -0.25) is 4.79 Å². The fourth-order valence-electron chi connectivity index (χ4n) is 5.00. The molecule has 0 radical (unpaired) electrons. The van der Waals surface area contributed by atoms with Gasteiger partial charge in [0.05, 0.1) is 18.2 Å². The lowest BCUT2D eigenvalue weighted by Gasteiger charge is -2.35.